The molecule has 1 heterocycles. The van der Waals surface area contributed by atoms with Crippen molar-refractivity contribution in [3.63, 3.8) is 0 Å². The van der Waals surface area contributed by atoms with E-state index in [0.717, 1.165) is 5.56 Å². The molecule has 2 rings (SSSR count). The first-order valence-corrected chi connectivity index (χ1v) is 7.08. The third kappa shape index (κ3) is 3.94. The number of carbonyl (C=O) groups excluding carboxylic acids is 2. The summed E-state index contributed by atoms with van der Waals surface area (Å²) in [4.78, 5) is 25.9. The fraction of sp³-hybridized carbons (Fsp3) is 0.312. The molecule has 6 nitrogen and oxygen atoms in total. The topological polar surface area (TPSA) is 75.4 Å². The molecule has 0 fully saturated rings. The molecule has 0 saturated carbocycles. The smallest absolute Gasteiger partial charge is 0.254 e. The summed E-state index contributed by atoms with van der Waals surface area (Å²) in [5.41, 5.74) is 1.65. The van der Waals surface area contributed by atoms with Crippen LogP contribution in [-0.2, 0) is 4.79 Å². The third-order valence-corrected chi connectivity index (χ3v) is 3.20. The van der Waals surface area contributed by atoms with Gasteiger partial charge in [-0.25, -0.2) is 0 Å². The minimum Gasteiger partial charge on any atom is -0.360 e. The van der Waals surface area contributed by atoms with Gasteiger partial charge in [0.15, 0.2) is 5.82 Å². The molecule has 0 spiro atoms. The molecule has 0 aliphatic rings. The Bertz CT molecular complexity index is 662. The van der Waals surface area contributed by atoms with E-state index in [1.807, 2.05) is 26.0 Å². The maximum Gasteiger partial charge on any atom is 0.254 e. The minimum absolute atomic E-state index is 0.0326. The van der Waals surface area contributed by atoms with Crippen LogP contribution in [0.2, 0.25) is 0 Å². The number of amides is 2. The Labute approximate surface area is 129 Å². The summed E-state index contributed by atoms with van der Waals surface area (Å²) >= 11 is 0. The van der Waals surface area contributed by atoms with Crippen LogP contribution >= 0.6 is 0 Å². The molecular weight excluding hydrogens is 282 g/mol. The lowest BCUT2D eigenvalue weighted by Gasteiger charge is -2.20. The van der Waals surface area contributed by atoms with E-state index in [1.165, 1.54) is 4.90 Å². The Balaban J connectivity index is 2.00. The molecule has 0 unspecified atom stereocenters. The van der Waals surface area contributed by atoms with Crippen LogP contribution in [0.15, 0.2) is 34.9 Å². The summed E-state index contributed by atoms with van der Waals surface area (Å²) < 4.78 is 4.88. The Hall–Kier alpha value is -2.63. The zero-order valence-electron chi connectivity index (χ0n) is 12.9. The highest BCUT2D eigenvalue weighted by Gasteiger charge is 2.18. The van der Waals surface area contributed by atoms with E-state index in [0.29, 0.717) is 23.7 Å². The van der Waals surface area contributed by atoms with Gasteiger partial charge in [-0.3, -0.25) is 9.59 Å². The molecule has 0 aliphatic heterocycles. The van der Waals surface area contributed by atoms with E-state index in [-0.39, 0.29) is 18.4 Å². The van der Waals surface area contributed by atoms with Crippen LogP contribution in [0.1, 0.15) is 28.6 Å². The van der Waals surface area contributed by atoms with Crippen LogP contribution in [0.3, 0.4) is 0 Å². The van der Waals surface area contributed by atoms with Gasteiger partial charge >= 0.3 is 0 Å². The Kier molecular flexibility index (Phi) is 4.93. The van der Waals surface area contributed by atoms with Crippen LogP contribution in [0, 0.1) is 13.8 Å². The number of likely N-dealkylation sites (N-methyl/N-ethyl adjacent to an activating group) is 1. The lowest BCUT2D eigenvalue weighted by atomic mass is 10.1. The molecule has 116 valence electrons. The zero-order chi connectivity index (χ0) is 16.1. The molecule has 1 aromatic carbocycles. The largest absolute Gasteiger partial charge is 0.360 e. The van der Waals surface area contributed by atoms with Crippen molar-refractivity contribution in [3.05, 3.63) is 47.2 Å². The van der Waals surface area contributed by atoms with Crippen LogP contribution in [0.4, 0.5) is 5.82 Å². The maximum atomic E-state index is 12.4. The van der Waals surface area contributed by atoms with Gasteiger partial charge in [0.1, 0.15) is 12.3 Å². The average Bonchev–Trinajstić information content (AvgIpc) is 2.90. The van der Waals surface area contributed by atoms with Gasteiger partial charge in [-0.05, 0) is 32.9 Å². The second kappa shape index (κ2) is 6.89. The number of nitrogens with zero attached hydrogens (tertiary/aromatic N) is 2. The van der Waals surface area contributed by atoms with Crippen molar-refractivity contribution in [3.8, 4) is 0 Å². The van der Waals surface area contributed by atoms with Gasteiger partial charge in [-0.2, -0.15) is 0 Å². The van der Waals surface area contributed by atoms with Gasteiger partial charge in [0.2, 0.25) is 5.91 Å². The molecule has 0 bridgehead atoms. The predicted octanol–water partition coefficient (Wildman–Crippen LogP) is 2.39. The summed E-state index contributed by atoms with van der Waals surface area (Å²) in [6, 6.07) is 8.90. The molecule has 0 saturated heterocycles. The first-order valence-electron chi connectivity index (χ1n) is 7.08. The van der Waals surface area contributed by atoms with Crippen molar-refractivity contribution in [2.45, 2.75) is 20.8 Å². The van der Waals surface area contributed by atoms with Crippen LogP contribution < -0.4 is 5.32 Å². The van der Waals surface area contributed by atoms with Crippen molar-refractivity contribution < 1.29 is 14.1 Å². The quantitative estimate of drug-likeness (QED) is 0.920. The molecule has 22 heavy (non-hydrogen) atoms. The fourth-order valence-corrected chi connectivity index (χ4v) is 1.99. The average molecular weight is 301 g/mol. The Morgan fingerprint density at radius 1 is 1.23 bits per heavy atom. The van der Waals surface area contributed by atoms with Crippen LogP contribution in [0.5, 0.6) is 0 Å². The van der Waals surface area contributed by atoms with E-state index in [9.17, 15) is 9.59 Å². The number of nitrogens with one attached hydrogen (secondary N) is 1. The summed E-state index contributed by atoms with van der Waals surface area (Å²) in [5.74, 6) is 0.476. The normalized spacial score (nSPS) is 10.3. The van der Waals surface area contributed by atoms with Gasteiger partial charge in [-0.1, -0.05) is 22.9 Å². The number of hydrogen-bond acceptors (Lipinski definition) is 4. The van der Waals surface area contributed by atoms with Gasteiger partial charge in [-0.15, -0.1) is 0 Å². The van der Waals surface area contributed by atoms with Crippen molar-refractivity contribution in [2.75, 3.05) is 18.4 Å². The molecule has 0 radical (unpaired) electrons. The first kappa shape index (κ1) is 15.8. The Morgan fingerprint density at radius 3 is 2.45 bits per heavy atom. The zero-order valence-corrected chi connectivity index (χ0v) is 12.9. The standard InChI is InChI=1S/C16H19N3O3/c1-4-19(16(21)13-7-5-11(2)6-8-13)10-15(20)17-14-9-12(3)22-18-14/h5-9H,4,10H2,1-3H3,(H,17,18,20). The van der Waals surface area contributed by atoms with Crippen molar-refractivity contribution >= 4 is 17.6 Å². The molecule has 2 aromatic rings. The van der Waals surface area contributed by atoms with E-state index in [2.05, 4.69) is 10.5 Å². The molecule has 0 atom stereocenters. The lowest BCUT2D eigenvalue weighted by Crippen LogP contribution is -2.37. The summed E-state index contributed by atoms with van der Waals surface area (Å²) in [6.07, 6.45) is 0. The first-order chi connectivity index (χ1) is 10.5. The fourth-order valence-electron chi connectivity index (χ4n) is 1.99. The number of aryl methyl sites for hydroxylation is 2. The van der Waals surface area contributed by atoms with E-state index in [1.54, 1.807) is 25.1 Å². The number of benzene rings is 1. The molecular formula is C16H19N3O3. The molecule has 6 heteroatoms. The second-order valence-corrected chi connectivity index (χ2v) is 5.06. The summed E-state index contributed by atoms with van der Waals surface area (Å²) in [6.45, 7) is 5.94. The highest BCUT2D eigenvalue weighted by atomic mass is 16.5. The highest BCUT2D eigenvalue weighted by molar-refractivity contribution is 5.99. The van der Waals surface area contributed by atoms with Crippen LogP contribution in [-0.4, -0.2) is 35.0 Å². The van der Waals surface area contributed by atoms with Crippen molar-refractivity contribution in [2.24, 2.45) is 0 Å². The predicted molar refractivity (Wildman–Crippen MR) is 82.6 cm³/mol. The number of rotatable bonds is 5. The van der Waals surface area contributed by atoms with Gasteiger partial charge in [0.05, 0.1) is 0 Å². The number of carbonyl (C=O) groups is 2. The molecule has 2 amide bonds. The van der Waals surface area contributed by atoms with Gasteiger partial charge < -0.3 is 14.7 Å². The molecule has 1 N–H and O–H groups in total. The van der Waals surface area contributed by atoms with Crippen molar-refractivity contribution in [1.82, 2.24) is 10.1 Å². The van der Waals surface area contributed by atoms with E-state index in [4.69, 9.17) is 4.52 Å². The monoisotopic (exact) mass is 301 g/mol. The Morgan fingerprint density at radius 2 is 1.91 bits per heavy atom. The minimum atomic E-state index is -0.310. The summed E-state index contributed by atoms with van der Waals surface area (Å²) in [7, 11) is 0. The molecule has 1 aromatic heterocycles. The summed E-state index contributed by atoms with van der Waals surface area (Å²) in [5, 5.41) is 6.30. The van der Waals surface area contributed by atoms with Gasteiger partial charge in [0, 0.05) is 18.2 Å². The highest BCUT2D eigenvalue weighted by Crippen LogP contribution is 2.09. The van der Waals surface area contributed by atoms with Gasteiger partial charge in [0.25, 0.3) is 5.91 Å². The van der Waals surface area contributed by atoms with Crippen molar-refractivity contribution in [1.29, 1.82) is 0 Å². The maximum absolute atomic E-state index is 12.4. The number of hydrogen-bond donors (Lipinski definition) is 1. The lowest BCUT2D eigenvalue weighted by molar-refractivity contribution is -0.116. The second-order valence-electron chi connectivity index (χ2n) is 5.06. The number of aromatic nitrogens is 1. The van der Waals surface area contributed by atoms with E-state index >= 15 is 0 Å². The molecule has 0 aliphatic carbocycles. The van der Waals surface area contributed by atoms with E-state index < -0.39 is 0 Å². The van der Waals surface area contributed by atoms with Crippen LogP contribution in [0.25, 0.3) is 0 Å². The third-order valence-electron chi connectivity index (χ3n) is 3.20. The SMILES string of the molecule is CCN(CC(=O)Nc1cc(C)on1)C(=O)c1ccc(C)cc1. The number of anilines is 1.